The molecule has 2 heterocycles. The lowest BCUT2D eigenvalue weighted by atomic mass is 9.65. The molecule has 178 valence electrons. The molecule has 1 saturated carbocycles. The Balaban J connectivity index is 1.44. The van der Waals surface area contributed by atoms with E-state index in [1.165, 1.54) is 12.8 Å². The SMILES string of the molecule is COc1ccc(C(=O)N=Nc2c(O)n(CN3C[C@]4(C)C[C@H]3CC(C)(C)C4)c3ccccc23)cc1. The van der Waals surface area contributed by atoms with Crippen molar-refractivity contribution in [3.8, 4) is 11.6 Å². The number of amides is 1. The summed E-state index contributed by atoms with van der Waals surface area (Å²) in [6.45, 7) is 8.72. The van der Waals surface area contributed by atoms with Crippen LogP contribution in [0.5, 0.6) is 11.6 Å². The van der Waals surface area contributed by atoms with Gasteiger partial charge in [0.15, 0.2) is 5.69 Å². The van der Waals surface area contributed by atoms with E-state index < -0.39 is 5.91 Å². The molecule has 2 bridgehead atoms. The number of ether oxygens (including phenoxy) is 1. The Labute approximate surface area is 200 Å². The highest BCUT2D eigenvalue weighted by Gasteiger charge is 2.49. The second-order valence-corrected chi connectivity index (χ2v) is 11.0. The normalized spacial score (nSPS) is 24.2. The number of fused-ring (bicyclic) bond motifs is 3. The van der Waals surface area contributed by atoms with Crippen molar-refractivity contribution in [2.75, 3.05) is 13.7 Å². The predicted molar refractivity (Wildman–Crippen MR) is 132 cm³/mol. The summed E-state index contributed by atoms with van der Waals surface area (Å²) in [4.78, 5) is 15.1. The third-order valence-electron chi connectivity index (χ3n) is 7.34. The van der Waals surface area contributed by atoms with Crippen LogP contribution in [0.1, 0.15) is 50.4 Å². The van der Waals surface area contributed by atoms with Gasteiger partial charge in [0, 0.05) is 23.5 Å². The third kappa shape index (κ3) is 4.09. The molecule has 1 saturated heterocycles. The molecule has 1 aliphatic heterocycles. The van der Waals surface area contributed by atoms with E-state index in [1.807, 2.05) is 28.8 Å². The molecule has 7 nitrogen and oxygen atoms in total. The van der Waals surface area contributed by atoms with Gasteiger partial charge in [-0.3, -0.25) is 14.3 Å². The number of hydrogen-bond acceptors (Lipinski definition) is 5. The minimum Gasteiger partial charge on any atom is -0.497 e. The fourth-order valence-electron chi connectivity index (χ4n) is 6.32. The van der Waals surface area contributed by atoms with Crippen molar-refractivity contribution in [1.82, 2.24) is 9.47 Å². The summed E-state index contributed by atoms with van der Waals surface area (Å²) in [5, 5.41) is 20.1. The molecule has 2 aliphatic rings. The van der Waals surface area contributed by atoms with Gasteiger partial charge in [0.05, 0.1) is 19.3 Å². The molecule has 2 fully saturated rings. The first-order valence-corrected chi connectivity index (χ1v) is 11.8. The first kappa shape index (κ1) is 22.6. The molecule has 0 unspecified atom stereocenters. The van der Waals surface area contributed by atoms with Crippen LogP contribution in [-0.4, -0.2) is 40.2 Å². The number of carbonyl (C=O) groups is 1. The number of methoxy groups -OCH3 is 1. The van der Waals surface area contributed by atoms with Crippen LogP contribution in [0.2, 0.25) is 0 Å². The van der Waals surface area contributed by atoms with Gasteiger partial charge in [-0.25, -0.2) is 0 Å². The second kappa shape index (κ2) is 8.24. The van der Waals surface area contributed by atoms with Gasteiger partial charge in [-0.05, 0) is 60.4 Å². The first-order chi connectivity index (χ1) is 16.2. The topological polar surface area (TPSA) is 79.4 Å². The molecular formula is C27H32N4O3. The average molecular weight is 461 g/mol. The summed E-state index contributed by atoms with van der Waals surface area (Å²) in [5.41, 5.74) is 2.25. The van der Waals surface area contributed by atoms with Gasteiger partial charge in [-0.1, -0.05) is 39.0 Å². The summed E-state index contributed by atoms with van der Waals surface area (Å²) in [5.74, 6) is 0.235. The van der Waals surface area contributed by atoms with Crippen molar-refractivity contribution in [2.45, 2.75) is 52.7 Å². The maximum atomic E-state index is 12.6. The lowest BCUT2D eigenvalue weighted by Crippen LogP contribution is -2.35. The summed E-state index contributed by atoms with van der Waals surface area (Å²) < 4.78 is 7.04. The van der Waals surface area contributed by atoms with Crippen LogP contribution >= 0.6 is 0 Å². The van der Waals surface area contributed by atoms with Gasteiger partial charge in [0.2, 0.25) is 5.88 Å². The largest absolute Gasteiger partial charge is 0.497 e. The number of carbonyl (C=O) groups excluding carboxylic acids is 1. The Kier molecular flexibility index (Phi) is 5.47. The summed E-state index contributed by atoms with van der Waals surface area (Å²) in [6, 6.07) is 15.0. The highest BCUT2D eigenvalue weighted by molar-refractivity contribution is 5.97. The number of benzene rings is 2. The highest BCUT2D eigenvalue weighted by atomic mass is 16.5. The van der Waals surface area contributed by atoms with E-state index in [1.54, 1.807) is 31.4 Å². The van der Waals surface area contributed by atoms with Crippen LogP contribution in [0.15, 0.2) is 58.8 Å². The highest BCUT2D eigenvalue weighted by Crippen LogP contribution is 2.53. The lowest BCUT2D eigenvalue weighted by molar-refractivity contribution is 0.0995. The zero-order chi connectivity index (χ0) is 24.1. The molecule has 2 atom stereocenters. The Morgan fingerprint density at radius 3 is 2.59 bits per heavy atom. The van der Waals surface area contributed by atoms with Crippen LogP contribution in [0.25, 0.3) is 10.9 Å². The average Bonchev–Trinajstić information content (AvgIpc) is 3.20. The van der Waals surface area contributed by atoms with Gasteiger partial charge in [-0.15, -0.1) is 10.2 Å². The van der Waals surface area contributed by atoms with Crippen LogP contribution < -0.4 is 4.74 Å². The van der Waals surface area contributed by atoms with Crippen molar-refractivity contribution in [3.05, 3.63) is 54.1 Å². The fraction of sp³-hybridized carbons (Fsp3) is 0.444. The summed E-state index contributed by atoms with van der Waals surface area (Å²) >= 11 is 0. The number of likely N-dealkylation sites (tertiary alicyclic amines) is 1. The number of hydrogen-bond donors (Lipinski definition) is 1. The molecule has 5 rings (SSSR count). The van der Waals surface area contributed by atoms with Gasteiger partial charge in [0.1, 0.15) is 5.75 Å². The Morgan fingerprint density at radius 2 is 1.85 bits per heavy atom. The molecule has 1 aliphatic carbocycles. The molecule has 3 aromatic rings. The fourth-order valence-corrected chi connectivity index (χ4v) is 6.32. The van der Waals surface area contributed by atoms with Crippen molar-refractivity contribution in [2.24, 2.45) is 21.1 Å². The molecule has 1 aromatic heterocycles. The minimum absolute atomic E-state index is 0.0401. The van der Waals surface area contributed by atoms with Crippen LogP contribution in [0, 0.1) is 10.8 Å². The Morgan fingerprint density at radius 1 is 1.12 bits per heavy atom. The van der Waals surface area contributed by atoms with Gasteiger partial charge in [-0.2, -0.15) is 0 Å². The molecule has 1 N–H and O–H groups in total. The number of aromatic nitrogens is 1. The van der Waals surface area contributed by atoms with E-state index in [2.05, 4.69) is 35.9 Å². The molecule has 1 amide bonds. The standard InChI is InChI=1S/C27H32N4O3/c1-26(2)13-19-14-27(3,15-26)16-30(19)17-31-22-8-6-5-7-21(22)23(25(31)33)28-29-24(32)18-9-11-20(34-4)12-10-18/h5-12,19,33H,13-17H2,1-4H3/t19-,27-/m1/s1. The maximum Gasteiger partial charge on any atom is 0.295 e. The van der Waals surface area contributed by atoms with Gasteiger partial charge in [0.25, 0.3) is 5.91 Å². The summed E-state index contributed by atoms with van der Waals surface area (Å²) in [7, 11) is 1.57. The zero-order valence-electron chi connectivity index (χ0n) is 20.3. The zero-order valence-corrected chi connectivity index (χ0v) is 20.3. The smallest absolute Gasteiger partial charge is 0.295 e. The van der Waals surface area contributed by atoms with E-state index >= 15 is 0 Å². The van der Waals surface area contributed by atoms with E-state index in [4.69, 9.17) is 4.74 Å². The maximum absolute atomic E-state index is 12.6. The van der Waals surface area contributed by atoms with Gasteiger partial charge >= 0.3 is 0 Å². The Hall–Kier alpha value is -3.19. The molecule has 0 spiro atoms. The number of rotatable bonds is 5. The Bertz CT molecular complexity index is 1260. The van der Waals surface area contributed by atoms with Crippen LogP contribution in [0.3, 0.4) is 0 Å². The minimum atomic E-state index is -0.470. The number of aromatic hydroxyl groups is 1. The van der Waals surface area contributed by atoms with Crippen molar-refractivity contribution in [1.29, 1.82) is 0 Å². The second-order valence-electron chi connectivity index (χ2n) is 11.0. The number of nitrogens with zero attached hydrogens (tertiary/aromatic N) is 4. The van der Waals surface area contributed by atoms with E-state index in [9.17, 15) is 9.90 Å². The molecule has 0 radical (unpaired) electrons. The van der Waals surface area contributed by atoms with Crippen molar-refractivity contribution >= 4 is 22.5 Å². The van der Waals surface area contributed by atoms with E-state index in [0.29, 0.717) is 40.5 Å². The summed E-state index contributed by atoms with van der Waals surface area (Å²) in [6.07, 6.45) is 3.57. The third-order valence-corrected chi connectivity index (χ3v) is 7.34. The monoisotopic (exact) mass is 460 g/mol. The molecule has 2 aromatic carbocycles. The molecular weight excluding hydrogens is 428 g/mol. The van der Waals surface area contributed by atoms with Gasteiger partial charge < -0.3 is 9.84 Å². The first-order valence-electron chi connectivity index (χ1n) is 11.8. The van der Waals surface area contributed by atoms with Crippen LogP contribution in [-0.2, 0) is 6.67 Å². The number of para-hydroxylation sites is 1. The lowest BCUT2D eigenvalue weighted by Gasteiger charge is -2.40. The van der Waals surface area contributed by atoms with Crippen molar-refractivity contribution < 1.29 is 14.6 Å². The molecule has 34 heavy (non-hydrogen) atoms. The van der Waals surface area contributed by atoms with E-state index in [0.717, 1.165) is 23.9 Å². The predicted octanol–water partition coefficient (Wildman–Crippen LogP) is 6.14. The van der Waals surface area contributed by atoms with E-state index in [-0.39, 0.29) is 5.88 Å². The quantitative estimate of drug-likeness (QED) is 0.464. The van der Waals surface area contributed by atoms with Crippen LogP contribution in [0.4, 0.5) is 5.69 Å². The number of azo groups is 1. The van der Waals surface area contributed by atoms with Crippen molar-refractivity contribution in [3.63, 3.8) is 0 Å². The molecule has 7 heteroatoms.